The molecule has 122 valence electrons. The Kier molecular flexibility index (Phi) is 5.66. The summed E-state index contributed by atoms with van der Waals surface area (Å²) in [5.41, 5.74) is 4.98. The number of rotatable bonds is 4. The van der Waals surface area contributed by atoms with Gasteiger partial charge in [0.25, 0.3) is 0 Å². The summed E-state index contributed by atoms with van der Waals surface area (Å²) in [4.78, 5) is 0. The van der Waals surface area contributed by atoms with Crippen LogP contribution in [0.15, 0.2) is 0 Å². The van der Waals surface area contributed by atoms with Crippen LogP contribution in [0.1, 0.15) is 77.0 Å². The molecule has 0 amide bonds. The quantitative estimate of drug-likeness (QED) is 0.549. The highest BCUT2D eigenvalue weighted by atomic mass is 32.2. The summed E-state index contributed by atoms with van der Waals surface area (Å²) < 4.78 is 28.3. The van der Waals surface area contributed by atoms with E-state index in [0.29, 0.717) is 12.8 Å². The van der Waals surface area contributed by atoms with Crippen LogP contribution in [-0.4, -0.2) is 25.0 Å². The maximum atomic E-state index is 12.7. The van der Waals surface area contributed by atoms with Gasteiger partial charge < -0.3 is 5.73 Å². The minimum atomic E-state index is -3.39. The van der Waals surface area contributed by atoms with Crippen molar-refractivity contribution in [3.8, 4) is 0 Å². The Bertz CT molecular complexity index is 448. The topological polar surface area (TPSA) is 96.0 Å². The molecule has 0 radical (unpaired) electrons. The van der Waals surface area contributed by atoms with Crippen LogP contribution in [0.2, 0.25) is 0 Å². The lowest BCUT2D eigenvalue weighted by atomic mass is 9.84. The van der Waals surface area contributed by atoms with Crippen molar-refractivity contribution in [1.82, 2.24) is 4.72 Å². The fourth-order valence-electron chi connectivity index (χ4n) is 3.67. The van der Waals surface area contributed by atoms with E-state index in [4.69, 9.17) is 11.1 Å². The molecule has 2 aliphatic carbocycles. The van der Waals surface area contributed by atoms with Gasteiger partial charge in [-0.3, -0.25) is 5.41 Å². The molecule has 6 heteroatoms. The zero-order valence-electron chi connectivity index (χ0n) is 12.9. The van der Waals surface area contributed by atoms with Crippen molar-refractivity contribution in [1.29, 1.82) is 5.41 Å². The van der Waals surface area contributed by atoms with Gasteiger partial charge in [-0.05, 0) is 25.7 Å². The van der Waals surface area contributed by atoms with E-state index >= 15 is 0 Å². The zero-order valence-corrected chi connectivity index (χ0v) is 13.7. The molecule has 2 fully saturated rings. The Balaban J connectivity index is 2.15. The summed E-state index contributed by atoms with van der Waals surface area (Å²) in [5.74, 6) is -0.0104. The third-order valence-corrected chi connectivity index (χ3v) is 7.08. The minimum Gasteiger partial charge on any atom is -0.386 e. The van der Waals surface area contributed by atoms with Crippen LogP contribution in [0, 0.1) is 5.41 Å². The first-order valence-corrected chi connectivity index (χ1v) is 9.88. The number of hydrogen-bond donors (Lipinski definition) is 3. The van der Waals surface area contributed by atoms with Gasteiger partial charge in [-0.15, -0.1) is 0 Å². The maximum Gasteiger partial charge on any atom is 0.215 e. The Morgan fingerprint density at radius 3 is 1.95 bits per heavy atom. The maximum absolute atomic E-state index is 12.7. The summed E-state index contributed by atoms with van der Waals surface area (Å²) in [6.45, 7) is 0. The van der Waals surface area contributed by atoms with E-state index in [1.807, 2.05) is 0 Å². The van der Waals surface area contributed by atoms with E-state index in [0.717, 1.165) is 57.8 Å². The van der Waals surface area contributed by atoms with Gasteiger partial charge >= 0.3 is 0 Å². The molecule has 0 spiro atoms. The molecular formula is C15H29N3O2S. The molecule has 21 heavy (non-hydrogen) atoms. The van der Waals surface area contributed by atoms with Gasteiger partial charge in [-0.2, -0.15) is 0 Å². The molecule has 0 atom stereocenters. The van der Waals surface area contributed by atoms with Crippen molar-refractivity contribution in [2.45, 2.75) is 87.8 Å². The van der Waals surface area contributed by atoms with Crippen molar-refractivity contribution in [2.75, 3.05) is 0 Å². The first-order valence-electron chi connectivity index (χ1n) is 8.34. The van der Waals surface area contributed by atoms with Crippen molar-refractivity contribution in [3.05, 3.63) is 0 Å². The van der Waals surface area contributed by atoms with Crippen molar-refractivity contribution >= 4 is 15.9 Å². The van der Waals surface area contributed by atoms with Gasteiger partial charge in [0, 0.05) is 0 Å². The smallest absolute Gasteiger partial charge is 0.215 e. The van der Waals surface area contributed by atoms with E-state index in [1.165, 1.54) is 6.42 Å². The van der Waals surface area contributed by atoms with Crippen LogP contribution in [0.3, 0.4) is 0 Å². The monoisotopic (exact) mass is 315 g/mol. The van der Waals surface area contributed by atoms with Crippen LogP contribution in [0.4, 0.5) is 0 Å². The van der Waals surface area contributed by atoms with Crippen LogP contribution >= 0.6 is 0 Å². The van der Waals surface area contributed by atoms with Gasteiger partial charge in [0.05, 0.1) is 10.8 Å². The third-order valence-electron chi connectivity index (χ3n) is 5.05. The minimum absolute atomic E-state index is 0.0104. The normalized spacial score (nSPS) is 25.0. The van der Waals surface area contributed by atoms with Gasteiger partial charge in [0.1, 0.15) is 5.84 Å². The van der Waals surface area contributed by atoms with Gasteiger partial charge in [-0.25, -0.2) is 13.1 Å². The highest BCUT2D eigenvalue weighted by Gasteiger charge is 2.40. The molecule has 5 nitrogen and oxygen atoms in total. The molecule has 0 saturated heterocycles. The van der Waals surface area contributed by atoms with E-state index in [1.54, 1.807) is 0 Å². The first-order chi connectivity index (χ1) is 9.96. The molecule has 0 aliphatic heterocycles. The largest absolute Gasteiger partial charge is 0.386 e. The van der Waals surface area contributed by atoms with E-state index in [-0.39, 0.29) is 11.1 Å². The lowest BCUT2D eigenvalue weighted by Gasteiger charge is -2.36. The summed E-state index contributed by atoms with van der Waals surface area (Å²) in [6.07, 6.45) is 11.2. The molecule has 0 unspecified atom stereocenters. The fraction of sp³-hybridized carbons (Fsp3) is 0.933. The first kappa shape index (κ1) is 16.7. The second kappa shape index (κ2) is 7.09. The number of nitrogens with two attached hydrogens (primary N) is 1. The summed E-state index contributed by atoms with van der Waals surface area (Å²) in [7, 11) is -3.39. The average molecular weight is 315 g/mol. The van der Waals surface area contributed by atoms with E-state index in [9.17, 15) is 8.42 Å². The third kappa shape index (κ3) is 4.19. The van der Waals surface area contributed by atoms with Crippen molar-refractivity contribution < 1.29 is 8.42 Å². The van der Waals surface area contributed by atoms with E-state index in [2.05, 4.69) is 4.72 Å². The second-order valence-electron chi connectivity index (χ2n) is 6.67. The lowest BCUT2D eigenvalue weighted by Crippen LogP contribution is -2.59. The molecule has 0 aromatic carbocycles. The summed E-state index contributed by atoms with van der Waals surface area (Å²) >= 11 is 0. The van der Waals surface area contributed by atoms with Crippen LogP contribution < -0.4 is 10.5 Å². The number of amidine groups is 1. The van der Waals surface area contributed by atoms with Crippen molar-refractivity contribution in [2.24, 2.45) is 5.73 Å². The average Bonchev–Trinajstić information content (AvgIpc) is 2.42. The SMILES string of the molecule is N=C(N)C1(NS(=O)(=O)C2CCCCC2)CCCCCCC1. The Morgan fingerprint density at radius 1 is 0.952 bits per heavy atom. The number of nitrogens with one attached hydrogen (secondary N) is 2. The highest BCUT2D eigenvalue weighted by molar-refractivity contribution is 7.90. The predicted molar refractivity (Wildman–Crippen MR) is 85.9 cm³/mol. The zero-order chi connectivity index (χ0) is 15.3. The van der Waals surface area contributed by atoms with Crippen LogP contribution in [-0.2, 0) is 10.0 Å². The van der Waals surface area contributed by atoms with Crippen molar-refractivity contribution in [3.63, 3.8) is 0 Å². The summed E-state index contributed by atoms with van der Waals surface area (Å²) in [5, 5.41) is 7.65. The molecule has 2 aliphatic rings. The molecule has 0 aromatic rings. The summed E-state index contributed by atoms with van der Waals surface area (Å²) in [6, 6.07) is 0. The Hall–Kier alpha value is -0.620. The molecule has 2 saturated carbocycles. The van der Waals surface area contributed by atoms with Crippen LogP contribution in [0.25, 0.3) is 0 Å². The van der Waals surface area contributed by atoms with Gasteiger partial charge in [0.2, 0.25) is 10.0 Å². The molecule has 0 heterocycles. The number of sulfonamides is 1. The standard InChI is InChI=1S/C15H29N3O2S/c16-14(17)15(11-7-2-1-3-8-12-15)18-21(19,20)13-9-5-4-6-10-13/h13,18H,1-12H2,(H3,16,17). The molecule has 0 aromatic heterocycles. The molecule has 0 bridgehead atoms. The van der Waals surface area contributed by atoms with E-state index < -0.39 is 15.6 Å². The fourth-order valence-corrected chi connectivity index (χ4v) is 5.65. The Morgan fingerprint density at radius 2 is 1.43 bits per heavy atom. The highest BCUT2D eigenvalue weighted by Crippen LogP contribution is 2.30. The van der Waals surface area contributed by atoms with Gasteiger partial charge in [-0.1, -0.05) is 51.4 Å². The van der Waals surface area contributed by atoms with Gasteiger partial charge in [0.15, 0.2) is 0 Å². The molecular weight excluding hydrogens is 286 g/mol. The Labute approximate surface area is 128 Å². The second-order valence-corrected chi connectivity index (χ2v) is 8.63. The molecule has 4 N–H and O–H groups in total. The van der Waals surface area contributed by atoms with Crippen LogP contribution in [0.5, 0.6) is 0 Å². The molecule has 2 rings (SSSR count). The predicted octanol–water partition coefficient (Wildman–Crippen LogP) is 2.66. The number of hydrogen-bond acceptors (Lipinski definition) is 3. The lowest BCUT2D eigenvalue weighted by molar-refractivity contribution is 0.362.